The SMILES string of the molecule is C[C@@H]1[C@H](C(=O)O)CCCN1C(=O)CCC(C)(C)C. The predicted molar refractivity (Wildman–Crippen MR) is 70.2 cm³/mol. The van der Waals surface area contributed by atoms with Gasteiger partial charge in [0.1, 0.15) is 0 Å². The lowest BCUT2D eigenvalue weighted by Gasteiger charge is -2.38. The number of carboxylic acid groups (broad SMARTS) is 1. The van der Waals surface area contributed by atoms with E-state index in [4.69, 9.17) is 5.11 Å². The van der Waals surface area contributed by atoms with Crippen molar-refractivity contribution in [3.63, 3.8) is 0 Å². The number of hydrogen-bond acceptors (Lipinski definition) is 2. The van der Waals surface area contributed by atoms with Crippen molar-refractivity contribution >= 4 is 11.9 Å². The van der Waals surface area contributed by atoms with E-state index in [-0.39, 0.29) is 17.4 Å². The molecule has 104 valence electrons. The monoisotopic (exact) mass is 255 g/mol. The van der Waals surface area contributed by atoms with Gasteiger partial charge in [-0.1, -0.05) is 20.8 Å². The molecular weight excluding hydrogens is 230 g/mol. The Kier molecular flexibility index (Phi) is 4.77. The predicted octanol–water partition coefficient (Wildman–Crippen LogP) is 2.52. The fourth-order valence-corrected chi connectivity index (χ4v) is 2.45. The summed E-state index contributed by atoms with van der Waals surface area (Å²) in [6.07, 6.45) is 2.83. The maximum absolute atomic E-state index is 12.2. The Morgan fingerprint density at radius 2 is 1.94 bits per heavy atom. The third kappa shape index (κ3) is 4.00. The molecular formula is C14H25NO3. The van der Waals surface area contributed by atoms with Crippen LogP contribution < -0.4 is 0 Å². The van der Waals surface area contributed by atoms with E-state index < -0.39 is 11.9 Å². The summed E-state index contributed by atoms with van der Waals surface area (Å²) < 4.78 is 0. The van der Waals surface area contributed by atoms with Gasteiger partial charge in [0.15, 0.2) is 0 Å². The summed E-state index contributed by atoms with van der Waals surface area (Å²) in [5, 5.41) is 9.13. The Balaban J connectivity index is 2.59. The Labute approximate surface area is 109 Å². The van der Waals surface area contributed by atoms with Crippen molar-refractivity contribution in [1.82, 2.24) is 4.90 Å². The average molecular weight is 255 g/mol. The molecule has 0 aliphatic carbocycles. The first-order chi connectivity index (χ1) is 8.22. The first-order valence-electron chi connectivity index (χ1n) is 6.74. The summed E-state index contributed by atoms with van der Waals surface area (Å²) in [5.41, 5.74) is 0.140. The summed E-state index contributed by atoms with van der Waals surface area (Å²) in [6.45, 7) is 8.89. The Morgan fingerprint density at radius 1 is 1.33 bits per heavy atom. The van der Waals surface area contributed by atoms with Gasteiger partial charge in [0, 0.05) is 19.0 Å². The third-order valence-electron chi connectivity index (χ3n) is 3.71. The second-order valence-electron chi connectivity index (χ2n) is 6.48. The van der Waals surface area contributed by atoms with Crippen LogP contribution in [0, 0.1) is 11.3 Å². The molecule has 2 atom stereocenters. The molecule has 1 heterocycles. The van der Waals surface area contributed by atoms with Crippen molar-refractivity contribution < 1.29 is 14.7 Å². The zero-order valence-electron chi connectivity index (χ0n) is 11.9. The van der Waals surface area contributed by atoms with Crippen LogP contribution in [-0.4, -0.2) is 34.5 Å². The van der Waals surface area contributed by atoms with Gasteiger partial charge in [0.25, 0.3) is 0 Å². The molecule has 0 aromatic rings. The molecule has 1 fully saturated rings. The number of nitrogens with zero attached hydrogens (tertiary/aromatic N) is 1. The quantitative estimate of drug-likeness (QED) is 0.843. The first kappa shape index (κ1) is 15.0. The van der Waals surface area contributed by atoms with Crippen molar-refractivity contribution in [2.24, 2.45) is 11.3 Å². The zero-order valence-corrected chi connectivity index (χ0v) is 11.9. The minimum Gasteiger partial charge on any atom is -0.481 e. The van der Waals surface area contributed by atoms with Gasteiger partial charge in [0.05, 0.1) is 5.92 Å². The molecule has 0 spiro atoms. The summed E-state index contributed by atoms with van der Waals surface area (Å²) in [5.74, 6) is -1.09. The molecule has 4 nitrogen and oxygen atoms in total. The first-order valence-corrected chi connectivity index (χ1v) is 6.74. The van der Waals surface area contributed by atoms with Crippen LogP contribution in [0.25, 0.3) is 0 Å². The van der Waals surface area contributed by atoms with E-state index in [1.165, 1.54) is 0 Å². The van der Waals surface area contributed by atoms with Crippen LogP contribution in [0.15, 0.2) is 0 Å². The fraction of sp³-hybridized carbons (Fsp3) is 0.857. The van der Waals surface area contributed by atoms with E-state index in [2.05, 4.69) is 20.8 Å². The molecule has 18 heavy (non-hydrogen) atoms. The molecule has 1 aliphatic rings. The Bertz CT molecular complexity index is 319. The van der Waals surface area contributed by atoms with Crippen molar-refractivity contribution in [1.29, 1.82) is 0 Å². The van der Waals surface area contributed by atoms with E-state index in [0.717, 1.165) is 12.8 Å². The number of carbonyl (C=O) groups is 2. The Hall–Kier alpha value is -1.06. The fourth-order valence-electron chi connectivity index (χ4n) is 2.45. The lowest BCUT2D eigenvalue weighted by Crippen LogP contribution is -2.49. The summed E-state index contributed by atoms with van der Waals surface area (Å²) in [7, 11) is 0. The molecule has 0 saturated carbocycles. The number of carbonyl (C=O) groups excluding carboxylic acids is 1. The van der Waals surface area contributed by atoms with E-state index in [0.29, 0.717) is 19.4 Å². The van der Waals surface area contributed by atoms with Crippen LogP contribution >= 0.6 is 0 Å². The van der Waals surface area contributed by atoms with Crippen molar-refractivity contribution in [2.45, 2.75) is 59.4 Å². The van der Waals surface area contributed by atoms with Crippen LogP contribution in [0.4, 0.5) is 0 Å². The van der Waals surface area contributed by atoms with Crippen molar-refractivity contribution in [3.05, 3.63) is 0 Å². The summed E-state index contributed by atoms with van der Waals surface area (Å²) >= 11 is 0. The van der Waals surface area contributed by atoms with E-state index >= 15 is 0 Å². The van der Waals surface area contributed by atoms with Gasteiger partial charge in [-0.3, -0.25) is 9.59 Å². The molecule has 1 aliphatic heterocycles. The van der Waals surface area contributed by atoms with E-state index in [9.17, 15) is 9.59 Å². The molecule has 1 saturated heterocycles. The molecule has 0 bridgehead atoms. The van der Waals surface area contributed by atoms with Crippen LogP contribution in [0.5, 0.6) is 0 Å². The van der Waals surface area contributed by atoms with Gasteiger partial charge in [0.2, 0.25) is 5.91 Å². The van der Waals surface area contributed by atoms with Gasteiger partial charge in [-0.05, 0) is 31.6 Å². The largest absolute Gasteiger partial charge is 0.481 e. The average Bonchev–Trinajstić information content (AvgIpc) is 2.24. The van der Waals surface area contributed by atoms with Gasteiger partial charge in [-0.15, -0.1) is 0 Å². The molecule has 1 amide bonds. The standard InChI is InChI=1S/C14H25NO3/c1-10-11(13(17)18)6-5-9-15(10)12(16)7-8-14(2,3)4/h10-11H,5-9H2,1-4H3,(H,17,18)/t10-,11-/m1/s1. The van der Waals surface area contributed by atoms with Gasteiger partial charge in [-0.2, -0.15) is 0 Å². The molecule has 0 aromatic heterocycles. The minimum absolute atomic E-state index is 0.100. The van der Waals surface area contributed by atoms with Crippen LogP contribution in [-0.2, 0) is 9.59 Å². The second kappa shape index (κ2) is 5.72. The van der Waals surface area contributed by atoms with Gasteiger partial charge >= 0.3 is 5.97 Å². The highest BCUT2D eigenvalue weighted by molar-refractivity contribution is 5.78. The molecule has 1 rings (SSSR count). The maximum Gasteiger partial charge on any atom is 0.308 e. The number of rotatable bonds is 3. The zero-order chi connectivity index (χ0) is 13.9. The lowest BCUT2D eigenvalue weighted by molar-refractivity contribution is -0.149. The van der Waals surface area contributed by atoms with E-state index in [1.54, 1.807) is 4.90 Å². The third-order valence-corrected chi connectivity index (χ3v) is 3.71. The number of amides is 1. The highest BCUT2D eigenvalue weighted by Gasteiger charge is 2.35. The van der Waals surface area contributed by atoms with Gasteiger partial charge < -0.3 is 10.0 Å². The summed E-state index contributed by atoms with van der Waals surface area (Å²) in [4.78, 5) is 25.0. The topological polar surface area (TPSA) is 57.6 Å². The Morgan fingerprint density at radius 3 is 2.44 bits per heavy atom. The smallest absolute Gasteiger partial charge is 0.308 e. The number of carboxylic acids is 1. The van der Waals surface area contributed by atoms with E-state index in [1.807, 2.05) is 6.92 Å². The van der Waals surface area contributed by atoms with Crippen LogP contribution in [0.2, 0.25) is 0 Å². The van der Waals surface area contributed by atoms with Gasteiger partial charge in [-0.25, -0.2) is 0 Å². The number of aliphatic carboxylic acids is 1. The molecule has 1 N–H and O–H groups in total. The summed E-state index contributed by atoms with van der Waals surface area (Å²) in [6, 6.07) is -0.177. The lowest BCUT2D eigenvalue weighted by atomic mass is 9.88. The maximum atomic E-state index is 12.2. The number of hydrogen-bond donors (Lipinski definition) is 1. The van der Waals surface area contributed by atoms with Crippen molar-refractivity contribution in [3.8, 4) is 0 Å². The minimum atomic E-state index is -0.782. The molecule has 0 aromatic carbocycles. The van der Waals surface area contributed by atoms with Crippen molar-refractivity contribution in [2.75, 3.05) is 6.54 Å². The number of likely N-dealkylation sites (tertiary alicyclic amines) is 1. The second-order valence-corrected chi connectivity index (χ2v) is 6.48. The molecule has 4 heteroatoms. The number of piperidine rings is 1. The highest BCUT2D eigenvalue weighted by atomic mass is 16.4. The van der Waals surface area contributed by atoms with Crippen LogP contribution in [0.1, 0.15) is 53.4 Å². The highest BCUT2D eigenvalue weighted by Crippen LogP contribution is 2.26. The van der Waals surface area contributed by atoms with Crippen LogP contribution in [0.3, 0.4) is 0 Å². The molecule has 0 radical (unpaired) electrons. The normalized spacial score (nSPS) is 25.0. The molecule has 0 unspecified atom stereocenters.